The summed E-state index contributed by atoms with van der Waals surface area (Å²) in [7, 11) is 0. The molecule has 1 aliphatic heterocycles. The van der Waals surface area contributed by atoms with Crippen molar-refractivity contribution in [3.8, 4) is 0 Å². The van der Waals surface area contributed by atoms with E-state index in [0.717, 1.165) is 16.2 Å². The van der Waals surface area contributed by atoms with Crippen LogP contribution in [0.5, 0.6) is 0 Å². The molecule has 1 atom stereocenters. The highest BCUT2D eigenvalue weighted by Crippen LogP contribution is 2.43. The van der Waals surface area contributed by atoms with E-state index in [0.29, 0.717) is 11.3 Å². The van der Waals surface area contributed by atoms with Crippen LogP contribution in [0.25, 0.3) is 5.76 Å². The van der Waals surface area contributed by atoms with Crippen LogP contribution in [0, 0.1) is 12.7 Å². The maximum absolute atomic E-state index is 13.6. The average Bonchev–Trinajstić information content (AvgIpc) is 3.32. The van der Waals surface area contributed by atoms with Gasteiger partial charge in [0.05, 0.1) is 23.9 Å². The SMILES string of the molecule is CCOC(=O)c1sc(N2C(=O)C(=O)/C(=C(/O)c3ccncc3)C2c2ccc(F)cc2)nc1C. The van der Waals surface area contributed by atoms with E-state index >= 15 is 0 Å². The van der Waals surface area contributed by atoms with Crippen molar-refractivity contribution in [2.24, 2.45) is 0 Å². The molecular formula is C23H18FN3O5S. The van der Waals surface area contributed by atoms with Crippen molar-refractivity contribution in [3.05, 3.63) is 81.9 Å². The van der Waals surface area contributed by atoms with E-state index in [1.54, 1.807) is 13.8 Å². The third-order valence-electron chi connectivity index (χ3n) is 5.04. The van der Waals surface area contributed by atoms with Crippen LogP contribution in [0.15, 0.2) is 54.4 Å². The van der Waals surface area contributed by atoms with Gasteiger partial charge in [-0.1, -0.05) is 23.5 Å². The number of nitrogens with zero attached hydrogens (tertiary/aromatic N) is 3. The zero-order valence-corrected chi connectivity index (χ0v) is 18.4. The third kappa shape index (κ3) is 4.00. The Morgan fingerprint density at radius 3 is 2.48 bits per heavy atom. The molecule has 1 N–H and O–H groups in total. The Morgan fingerprint density at radius 2 is 1.85 bits per heavy atom. The lowest BCUT2D eigenvalue weighted by Gasteiger charge is -2.23. The van der Waals surface area contributed by atoms with Crippen molar-refractivity contribution in [2.45, 2.75) is 19.9 Å². The minimum absolute atomic E-state index is 0.0840. The summed E-state index contributed by atoms with van der Waals surface area (Å²) in [5, 5.41) is 11.0. The van der Waals surface area contributed by atoms with Crippen LogP contribution < -0.4 is 4.90 Å². The molecular weight excluding hydrogens is 449 g/mol. The van der Waals surface area contributed by atoms with Crippen molar-refractivity contribution in [1.82, 2.24) is 9.97 Å². The van der Waals surface area contributed by atoms with Crippen LogP contribution in [0.2, 0.25) is 0 Å². The Bertz CT molecular complexity index is 1270. The van der Waals surface area contributed by atoms with E-state index in [-0.39, 0.29) is 27.8 Å². The van der Waals surface area contributed by atoms with Gasteiger partial charge in [-0.05, 0) is 43.7 Å². The maximum Gasteiger partial charge on any atom is 0.350 e. The molecule has 2 aromatic heterocycles. The van der Waals surface area contributed by atoms with Crippen LogP contribution in [0.1, 0.15) is 39.5 Å². The number of aryl methyl sites for hydroxylation is 1. The standard InChI is InChI=1S/C23H18FN3O5S/c1-3-32-22(31)20-12(2)26-23(33-20)27-17(13-4-6-15(24)7-5-13)16(19(29)21(27)30)18(28)14-8-10-25-11-9-14/h4-11,17,28H,3H2,1-2H3/b18-16+. The molecule has 1 aromatic carbocycles. The van der Waals surface area contributed by atoms with Gasteiger partial charge in [0.2, 0.25) is 0 Å². The highest BCUT2D eigenvalue weighted by atomic mass is 32.1. The number of carbonyl (C=O) groups excluding carboxylic acids is 3. The fraction of sp³-hybridized carbons (Fsp3) is 0.174. The quantitative estimate of drug-likeness (QED) is 0.263. The lowest BCUT2D eigenvalue weighted by Crippen LogP contribution is -2.29. The molecule has 0 radical (unpaired) electrons. The molecule has 4 rings (SSSR count). The number of thiazole rings is 1. The highest BCUT2D eigenvalue weighted by Gasteiger charge is 2.48. The second-order valence-electron chi connectivity index (χ2n) is 7.09. The number of rotatable bonds is 5. The van der Waals surface area contributed by atoms with E-state index in [4.69, 9.17) is 4.74 Å². The van der Waals surface area contributed by atoms with Crippen LogP contribution in [-0.2, 0) is 14.3 Å². The first-order chi connectivity index (χ1) is 15.8. The topological polar surface area (TPSA) is 110 Å². The molecule has 1 aliphatic rings. The first-order valence-electron chi connectivity index (χ1n) is 9.94. The first kappa shape index (κ1) is 22.3. The highest BCUT2D eigenvalue weighted by molar-refractivity contribution is 7.17. The molecule has 3 heterocycles. The van der Waals surface area contributed by atoms with Gasteiger partial charge >= 0.3 is 11.9 Å². The minimum Gasteiger partial charge on any atom is -0.507 e. The molecule has 1 fully saturated rings. The van der Waals surface area contributed by atoms with Crippen molar-refractivity contribution < 1.29 is 28.6 Å². The lowest BCUT2D eigenvalue weighted by atomic mass is 9.95. The van der Waals surface area contributed by atoms with Gasteiger partial charge in [0, 0.05) is 18.0 Å². The van der Waals surface area contributed by atoms with Crippen LogP contribution in [-0.4, -0.2) is 39.3 Å². The number of hydrogen-bond acceptors (Lipinski definition) is 8. The largest absolute Gasteiger partial charge is 0.507 e. The molecule has 10 heteroatoms. The van der Waals surface area contributed by atoms with Gasteiger partial charge in [-0.15, -0.1) is 0 Å². The van der Waals surface area contributed by atoms with Crippen molar-refractivity contribution in [3.63, 3.8) is 0 Å². The zero-order chi connectivity index (χ0) is 23.7. The van der Waals surface area contributed by atoms with Gasteiger partial charge in [-0.3, -0.25) is 19.5 Å². The molecule has 1 unspecified atom stereocenters. The monoisotopic (exact) mass is 467 g/mol. The first-order valence-corrected chi connectivity index (χ1v) is 10.8. The summed E-state index contributed by atoms with van der Waals surface area (Å²) in [5.41, 5.74) is 0.833. The summed E-state index contributed by atoms with van der Waals surface area (Å²) in [5.74, 6) is -3.34. The minimum atomic E-state index is -1.08. The van der Waals surface area contributed by atoms with E-state index in [9.17, 15) is 23.9 Å². The van der Waals surface area contributed by atoms with Gasteiger partial charge in [-0.2, -0.15) is 0 Å². The van der Waals surface area contributed by atoms with Gasteiger partial charge < -0.3 is 9.84 Å². The molecule has 0 saturated carbocycles. The molecule has 1 amide bonds. The molecule has 168 valence electrons. The van der Waals surface area contributed by atoms with Crippen LogP contribution in [0.4, 0.5) is 9.52 Å². The van der Waals surface area contributed by atoms with E-state index in [1.165, 1.54) is 48.8 Å². The number of ketones is 1. The molecule has 3 aromatic rings. The number of pyridine rings is 1. The van der Waals surface area contributed by atoms with Crippen LogP contribution >= 0.6 is 11.3 Å². The number of hydrogen-bond donors (Lipinski definition) is 1. The third-order valence-corrected chi connectivity index (χ3v) is 6.17. The van der Waals surface area contributed by atoms with Crippen LogP contribution in [0.3, 0.4) is 0 Å². The van der Waals surface area contributed by atoms with Crippen molar-refractivity contribution in [1.29, 1.82) is 0 Å². The van der Waals surface area contributed by atoms with Gasteiger partial charge in [-0.25, -0.2) is 14.2 Å². The number of esters is 1. The second kappa shape index (κ2) is 8.91. The number of benzene rings is 1. The number of halogens is 1. The number of aliphatic hydroxyl groups excluding tert-OH is 1. The van der Waals surface area contributed by atoms with E-state index in [2.05, 4.69) is 9.97 Å². The molecule has 33 heavy (non-hydrogen) atoms. The Balaban J connectivity index is 1.90. The Labute approximate surface area is 192 Å². The number of carbonyl (C=O) groups is 3. The van der Waals surface area contributed by atoms with Crippen molar-refractivity contribution in [2.75, 3.05) is 11.5 Å². The van der Waals surface area contributed by atoms with E-state index in [1.807, 2.05) is 0 Å². The summed E-state index contributed by atoms with van der Waals surface area (Å²) in [6.07, 6.45) is 2.88. The fourth-order valence-electron chi connectivity index (χ4n) is 3.53. The van der Waals surface area contributed by atoms with Gasteiger partial charge in [0.1, 0.15) is 16.5 Å². The molecule has 8 nitrogen and oxygen atoms in total. The smallest absolute Gasteiger partial charge is 0.350 e. The number of anilines is 1. The number of ether oxygens (including phenoxy) is 1. The lowest BCUT2D eigenvalue weighted by molar-refractivity contribution is -0.132. The second-order valence-corrected chi connectivity index (χ2v) is 8.07. The number of aromatic nitrogens is 2. The van der Waals surface area contributed by atoms with Gasteiger partial charge in [0.15, 0.2) is 5.13 Å². The summed E-state index contributed by atoms with van der Waals surface area (Å²) >= 11 is 0.901. The molecule has 0 bridgehead atoms. The fourth-order valence-corrected chi connectivity index (χ4v) is 4.51. The predicted octanol–water partition coefficient (Wildman–Crippen LogP) is 3.79. The van der Waals surface area contributed by atoms with Crippen molar-refractivity contribution >= 4 is 39.9 Å². The number of Topliss-reactive ketones (excluding diaryl/α,β-unsaturated/α-hetero) is 1. The normalized spacial score (nSPS) is 17.4. The summed E-state index contributed by atoms with van der Waals surface area (Å²) in [4.78, 5) is 48.0. The van der Waals surface area contributed by atoms with Gasteiger partial charge in [0.25, 0.3) is 5.78 Å². The summed E-state index contributed by atoms with van der Waals surface area (Å²) in [6.45, 7) is 3.42. The van der Waals surface area contributed by atoms with E-state index < -0.39 is 35.3 Å². The molecule has 1 saturated heterocycles. The predicted molar refractivity (Wildman–Crippen MR) is 118 cm³/mol. The molecule has 0 aliphatic carbocycles. The summed E-state index contributed by atoms with van der Waals surface area (Å²) < 4.78 is 18.6. The Kier molecular flexibility index (Phi) is 6.01. The summed E-state index contributed by atoms with van der Waals surface area (Å²) in [6, 6.07) is 7.14. The maximum atomic E-state index is 13.6. The zero-order valence-electron chi connectivity index (χ0n) is 17.6. The Morgan fingerprint density at radius 1 is 1.18 bits per heavy atom. The molecule has 0 spiro atoms. The number of aliphatic hydroxyl groups is 1. The Hall–Kier alpha value is -3.92. The number of amides is 1. The average molecular weight is 467 g/mol.